The van der Waals surface area contributed by atoms with E-state index in [0.717, 1.165) is 11.4 Å². The van der Waals surface area contributed by atoms with Gasteiger partial charge < -0.3 is 18.3 Å². The van der Waals surface area contributed by atoms with Crippen molar-refractivity contribution in [3.8, 4) is 44.8 Å². The zero-order valence-corrected chi connectivity index (χ0v) is 42.3. The van der Waals surface area contributed by atoms with Crippen LogP contribution in [0.1, 0.15) is 73.6 Å². The summed E-state index contributed by atoms with van der Waals surface area (Å²) in [6.07, 6.45) is 7.86. The fourth-order valence-electron chi connectivity index (χ4n) is 14.2. The molecule has 4 unspecified atom stereocenters. The minimum absolute atomic E-state index is 0.190. The van der Waals surface area contributed by atoms with Crippen LogP contribution in [0.5, 0.6) is 0 Å². The number of pyridine rings is 2. The van der Waals surface area contributed by atoms with Crippen LogP contribution in [0.25, 0.3) is 132 Å². The lowest BCUT2D eigenvalue weighted by Crippen LogP contribution is -2.24. The van der Waals surface area contributed by atoms with Crippen molar-refractivity contribution >= 4 is 87.2 Å². The molecule has 6 heterocycles. The van der Waals surface area contributed by atoms with Crippen LogP contribution >= 0.6 is 0 Å². The fraction of sp³-hybridized carbons (Fsp3) is 0.147. The summed E-state index contributed by atoms with van der Waals surface area (Å²) in [6.45, 7) is 9.96. The van der Waals surface area contributed by atoms with Gasteiger partial charge in [0.1, 0.15) is 0 Å². The van der Waals surface area contributed by atoms with Crippen molar-refractivity contribution in [1.29, 1.82) is 0 Å². The van der Waals surface area contributed by atoms with Crippen LogP contribution in [0.4, 0.5) is 0 Å². The van der Waals surface area contributed by atoms with Gasteiger partial charge in [0, 0.05) is 91.6 Å². The van der Waals surface area contributed by atoms with E-state index in [1.54, 1.807) is 0 Å². The average Bonchev–Trinajstić information content (AvgIpc) is 4.17. The Morgan fingerprint density at radius 1 is 0.338 bits per heavy atom. The van der Waals surface area contributed by atoms with E-state index in [0.29, 0.717) is 0 Å². The molecule has 0 N–H and O–H groups in total. The van der Waals surface area contributed by atoms with Gasteiger partial charge in [-0.15, -0.1) is 0 Å². The number of aromatic nitrogens is 6. The molecule has 0 saturated heterocycles. The molecular formula is C68H52N6. The summed E-state index contributed by atoms with van der Waals surface area (Å²) in [5.74, 6) is 0.954. The number of rotatable bonds is 4. The van der Waals surface area contributed by atoms with Gasteiger partial charge in [-0.05, 0) is 176 Å². The van der Waals surface area contributed by atoms with Gasteiger partial charge in [-0.3, -0.25) is 9.97 Å². The maximum atomic E-state index is 4.74. The molecule has 0 aliphatic heterocycles. The van der Waals surface area contributed by atoms with Crippen LogP contribution in [0.2, 0.25) is 0 Å². The Morgan fingerprint density at radius 3 is 1.09 bits per heavy atom. The smallest absolute Gasteiger partial charge is 0.0645 e. The van der Waals surface area contributed by atoms with E-state index in [9.17, 15) is 0 Å². The highest BCUT2D eigenvalue weighted by atomic mass is 15.0. The van der Waals surface area contributed by atoms with Crippen LogP contribution < -0.4 is 0 Å². The first kappa shape index (κ1) is 41.8. The summed E-state index contributed by atoms with van der Waals surface area (Å²) in [5, 5.41) is 10.3. The maximum absolute atomic E-state index is 4.74. The highest BCUT2D eigenvalue weighted by Crippen LogP contribution is 2.61. The van der Waals surface area contributed by atoms with Crippen molar-refractivity contribution in [1.82, 2.24) is 28.2 Å². The van der Waals surface area contributed by atoms with Crippen LogP contribution in [0.3, 0.4) is 0 Å². The van der Waals surface area contributed by atoms with Gasteiger partial charge in [-0.1, -0.05) is 88.4 Å². The number of aryl methyl sites for hydroxylation is 2. The van der Waals surface area contributed by atoms with Gasteiger partial charge in [0.05, 0.1) is 45.8 Å². The average molecular weight is 953 g/mol. The number of fused-ring (bicyclic) bond motifs is 14. The van der Waals surface area contributed by atoms with E-state index in [4.69, 9.17) is 9.97 Å². The van der Waals surface area contributed by atoms with Gasteiger partial charge in [0.2, 0.25) is 0 Å². The Hall–Kier alpha value is -8.74. The first-order chi connectivity index (χ1) is 36.2. The Bertz CT molecular complexity index is 4450. The molecule has 354 valence electrons. The summed E-state index contributed by atoms with van der Waals surface area (Å²) < 4.78 is 9.69. The third-order valence-electron chi connectivity index (χ3n) is 18.2. The molecule has 0 radical (unpaired) electrons. The summed E-state index contributed by atoms with van der Waals surface area (Å²) in [7, 11) is 4.35. The molecule has 74 heavy (non-hydrogen) atoms. The van der Waals surface area contributed by atoms with Crippen molar-refractivity contribution in [2.45, 2.75) is 51.4 Å². The SMILES string of the molecule is CC1c2cc3c4cc(-c5ccc6c(c5)c5ccccc5n6C)ccc4n(-c4cccnc4)c3c3c2-c2c(cc4c5cc(-c6ccc7c(c6)c6ccccc6n7C)ccc5n(-c5cccnc5)c4c2C(C)C3C)C1C. The molecule has 0 amide bonds. The number of hydrogen-bond donors (Lipinski definition) is 0. The van der Waals surface area contributed by atoms with Gasteiger partial charge in [-0.2, -0.15) is 0 Å². The summed E-state index contributed by atoms with van der Waals surface area (Å²) in [4.78, 5) is 9.47. The van der Waals surface area contributed by atoms with Crippen LogP contribution in [0, 0.1) is 0 Å². The van der Waals surface area contributed by atoms with E-state index >= 15 is 0 Å². The lowest BCUT2D eigenvalue weighted by atomic mass is 9.62. The van der Waals surface area contributed by atoms with E-state index in [-0.39, 0.29) is 23.7 Å². The normalized spacial score (nSPS) is 17.3. The van der Waals surface area contributed by atoms with Crippen LogP contribution in [-0.2, 0) is 14.1 Å². The van der Waals surface area contributed by atoms with E-state index in [2.05, 4.69) is 218 Å². The van der Waals surface area contributed by atoms with Crippen LogP contribution in [0.15, 0.2) is 183 Å². The molecule has 6 aromatic heterocycles. The molecule has 0 bridgehead atoms. The van der Waals surface area contributed by atoms with Crippen molar-refractivity contribution < 1.29 is 0 Å². The Morgan fingerprint density at radius 2 is 0.703 bits per heavy atom. The van der Waals surface area contributed by atoms with E-state index in [1.807, 2.05) is 24.8 Å². The number of benzene rings is 8. The maximum Gasteiger partial charge on any atom is 0.0645 e. The van der Waals surface area contributed by atoms with Crippen LogP contribution in [-0.4, -0.2) is 28.2 Å². The highest BCUT2D eigenvalue weighted by molar-refractivity contribution is 6.18. The summed E-state index contributed by atoms with van der Waals surface area (Å²) in [5.41, 5.74) is 25.8. The Kier molecular flexibility index (Phi) is 8.44. The number of hydrogen-bond acceptors (Lipinski definition) is 2. The second-order valence-electron chi connectivity index (χ2n) is 21.6. The molecule has 0 saturated carbocycles. The van der Waals surface area contributed by atoms with E-state index < -0.39 is 0 Å². The number of nitrogens with zero attached hydrogens (tertiary/aromatic N) is 6. The molecule has 6 nitrogen and oxygen atoms in total. The minimum Gasteiger partial charge on any atom is -0.344 e. The predicted octanol–water partition coefficient (Wildman–Crippen LogP) is 17.4. The molecular weight excluding hydrogens is 901 g/mol. The molecule has 14 aromatic rings. The molecule has 0 spiro atoms. The molecule has 4 atom stereocenters. The van der Waals surface area contributed by atoms with Gasteiger partial charge >= 0.3 is 0 Å². The quantitative estimate of drug-likeness (QED) is 0.176. The first-order valence-electron chi connectivity index (χ1n) is 26.3. The molecule has 2 aliphatic carbocycles. The third-order valence-corrected chi connectivity index (χ3v) is 18.2. The van der Waals surface area contributed by atoms with Crippen molar-refractivity contribution in [2.75, 3.05) is 0 Å². The topological polar surface area (TPSA) is 45.5 Å². The molecule has 2 aliphatic rings. The van der Waals surface area contributed by atoms with Crippen molar-refractivity contribution in [2.24, 2.45) is 14.1 Å². The summed E-state index contributed by atoms with van der Waals surface area (Å²) >= 11 is 0. The summed E-state index contributed by atoms with van der Waals surface area (Å²) in [6, 6.07) is 59.6. The zero-order valence-electron chi connectivity index (χ0n) is 42.3. The molecule has 8 aromatic carbocycles. The fourth-order valence-corrected chi connectivity index (χ4v) is 14.2. The van der Waals surface area contributed by atoms with E-state index in [1.165, 1.54) is 143 Å². The molecule has 0 fully saturated rings. The number of para-hydroxylation sites is 2. The van der Waals surface area contributed by atoms with Crippen molar-refractivity contribution in [3.63, 3.8) is 0 Å². The molecule has 6 heteroatoms. The minimum atomic E-state index is 0.190. The predicted molar refractivity (Wildman–Crippen MR) is 309 cm³/mol. The Balaban J connectivity index is 0.972. The largest absolute Gasteiger partial charge is 0.344 e. The second kappa shape index (κ2) is 14.9. The zero-order chi connectivity index (χ0) is 49.4. The van der Waals surface area contributed by atoms with Gasteiger partial charge in [-0.25, -0.2) is 0 Å². The van der Waals surface area contributed by atoms with Gasteiger partial charge in [0.25, 0.3) is 0 Å². The Labute approximate surface area is 428 Å². The molecule has 16 rings (SSSR count). The second-order valence-corrected chi connectivity index (χ2v) is 21.6. The lowest BCUT2D eigenvalue weighted by Gasteiger charge is -2.42. The van der Waals surface area contributed by atoms with Crippen molar-refractivity contribution in [3.05, 3.63) is 205 Å². The van der Waals surface area contributed by atoms with Gasteiger partial charge in [0.15, 0.2) is 0 Å². The standard InChI is InChI=1S/C68H52N6/c1-37-38(2)50-34-56-54-32-44(42-20-24-60-52(30-42)48-16-8-10-18-58(48)72(60)6)22-26-62(54)74(46-14-12-28-70-36-46)68(56)64-40(4)39(3)63-65(66(50)64)49(37)33-55-53-31-43(21-25-61(53)73(67(55)63)45-13-11-27-69-35-45)41-19-23-59-51(29-41)47-15-7-9-17-57(47)71(59)5/h7-40H,1-6H3. The first-order valence-corrected chi connectivity index (χ1v) is 26.3. The highest BCUT2D eigenvalue weighted by Gasteiger charge is 2.42. The lowest BCUT2D eigenvalue weighted by molar-refractivity contribution is 0.584. The monoisotopic (exact) mass is 952 g/mol. The third kappa shape index (κ3) is 5.39.